The first-order valence-corrected chi connectivity index (χ1v) is 10.4. The maximum absolute atomic E-state index is 12.6. The molecule has 7 heteroatoms. The van der Waals surface area contributed by atoms with Crippen molar-refractivity contribution in [1.29, 1.82) is 0 Å². The Kier molecular flexibility index (Phi) is 6.29. The topological polar surface area (TPSA) is 83.5 Å². The van der Waals surface area contributed by atoms with Gasteiger partial charge >= 0.3 is 5.97 Å². The highest BCUT2D eigenvalue weighted by Gasteiger charge is 2.52. The van der Waals surface area contributed by atoms with Gasteiger partial charge in [0.25, 0.3) is 0 Å². The zero-order chi connectivity index (χ0) is 22.0. The summed E-state index contributed by atoms with van der Waals surface area (Å²) in [6.45, 7) is 5.45. The van der Waals surface area contributed by atoms with Gasteiger partial charge in [0.05, 0.1) is 12.0 Å². The average molecular weight is 428 g/mol. The number of ether oxygens (including phenoxy) is 5. The molecule has 7 nitrogen and oxygen atoms in total. The molecule has 6 atom stereocenters. The first-order chi connectivity index (χ1) is 14.8. The number of rotatable bonds is 4. The van der Waals surface area contributed by atoms with E-state index in [0.29, 0.717) is 5.75 Å². The average Bonchev–Trinajstić information content (AvgIpc) is 2.77. The predicted octanol–water partition coefficient (Wildman–Crippen LogP) is 3.22. The molecule has 2 aliphatic heterocycles. The van der Waals surface area contributed by atoms with Crippen LogP contribution in [0.1, 0.15) is 32.6 Å². The highest BCUT2D eigenvalue weighted by Crippen LogP contribution is 2.36. The van der Waals surface area contributed by atoms with E-state index in [4.69, 9.17) is 23.7 Å². The van der Waals surface area contributed by atoms with Crippen LogP contribution in [0.2, 0.25) is 0 Å². The molecule has 2 aliphatic rings. The fourth-order valence-corrected chi connectivity index (χ4v) is 3.50. The Morgan fingerprint density at radius 3 is 2.29 bits per heavy atom. The number of aliphatic hydroxyl groups excluding tert-OH is 1. The molecule has 1 N–H and O–H groups in total. The Morgan fingerprint density at radius 2 is 1.65 bits per heavy atom. The van der Waals surface area contributed by atoms with E-state index in [9.17, 15) is 9.90 Å². The molecule has 0 saturated carbocycles. The second kappa shape index (κ2) is 8.96. The summed E-state index contributed by atoms with van der Waals surface area (Å²) in [5, 5.41) is 11.2. The van der Waals surface area contributed by atoms with Gasteiger partial charge in [0, 0.05) is 5.56 Å². The molecule has 2 aromatic rings. The number of hydrogen-bond donors (Lipinski definition) is 1. The van der Waals surface area contributed by atoms with Crippen molar-refractivity contribution in [2.75, 3.05) is 6.61 Å². The monoisotopic (exact) mass is 428 g/mol. The number of aliphatic hydroxyl groups is 1. The zero-order valence-corrected chi connectivity index (χ0v) is 17.8. The van der Waals surface area contributed by atoms with Crippen molar-refractivity contribution < 1.29 is 33.6 Å². The lowest BCUT2D eigenvalue weighted by molar-refractivity contribution is -0.351. The lowest BCUT2D eigenvalue weighted by atomic mass is 9.95. The van der Waals surface area contributed by atoms with Gasteiger partial charge in [0.2, 0.25) is 6.29 Å². The normalized spacial score (nSPS) is 30.8. The molecule has 0 aliphatic carbocycles. The van der Waals surface area contributed by atoms with Gasteiger partial charge in [-0.15, -0.1) is 0 Å². The molecule has 166 valence electrons. The molecule has 0 spiro atoms. The molecule has 2 fully saturated rings. The minimum atomic E-state index is -1.16. The summed E-state index contributed by atoms with van der Waals surface area (Å²) < 4.78 is 29.6. The van der Waals surface area contributed by atoms with Crippen molar-refractivity contribution in [3.8, 4) is 5.75 Å². The largest absolute Gasteiger partial charge is 0.461 e. The zero-order valence-electron chi connectivity index (χ0n) is 17.8. The SMILES string of the molecule is CC(C)(C)C(=O)O[C@H]1[C@@H](Oc2ccccc2)O[C@@H]2CO[C@@H](c3ccccc3)O[C@H]2[C@@H]1O. The Hall–Kier alpha value is -2.45. The van der Waals surface area contributed by atoms with Crippen molar-refractivity contribution in [1.82, 2.24) is 0 Å². The third-order valence-corrected chi connectivity index (χ3v) is 5.23. The van der Waals surface area contributed by atoms with E-state index in [1.165, 1.54) is 0 Å². The van der Waals surface area contributed by atoms with Crippen molar-refractivity contribution in [3.05, 3.63) is 66.2 Å². The molecule has 0 unspecified atom stereocenters. The highest BCUT2D eigenvalue weighted by molar-refractivity contribution is 5.75. The number of carbonyl (C=O) groups is 1. The van der Waals surface area contributed by atoms with Gasteiger partial charge in [-0.2, -0.15) is 0 Å². The van der Waals surface area contributed by atoms with E-state index in [1.807, 2.05) is 48.5 Å². The van der Waals surface area contributed by atoms with E-state index >= 15 is 0 Å². The van der Waals surface area contributed by atoms with Crippen LogP contribution in [-0.2, 0) is 23.7 Å². The third-order valence-electron chi connectivity index (χ3n) is 5.23. The molecule has 0 amide bonds. The molecule has 2 heterocycles. The van der Waals surface area contributed by atoms with Gasteiger partial charge in [-0.3, -0.25) is 4.79 Å². The smallest absolute Gasteiger partial charge is 0.311 e. The van der Waals surface area contributed by atoms with Gasteiger partial charge in [-0.1, -0.05) is 48.5 Å². The number of hydrogen-bond acceptors (Lipinski definition) is 7. The minimum absolute atomic E-state index is 0.204. The van der Waals surface area contributed by atoms with E-state index in [1.54, 1.807) is 32.9 Å². The lowest BCUT2D eigenvalue weighted by Gasteiger charge is -2.47. The lowest BCUT2D eigenvalue weighted by Crippen LogP contribution is -2.64. The van der Waals surface area contributed by atoms with Crippen LogP contribution in [0.25, 0.3) is 0 Å². The van der Waals surface area contributed by atoms with Crippen LogP contribution < -0.4 is 4.74 Å². The summed E-state index contributed by atoms with van der Waals surface area (Å²) in [6.07, 6.45) is -5.20. The quantitative estimate of drug-likeness (QED) is 0.749. The molecular formula is C24H28O7. The van der Waals surface area contributed by atoms with E-state index in [0.717, 1.165) is 5.56 Å². The first-order valence-electron chi connectivity index (χ1n) is 10.4. The van der Waals surface area contributed by atoms with Crippen molar-refractivity contribution >= 4 is 5.97 Å². The molecular weight excluding hydrogens is 400 g/mol. The number of esters is 1. The van der Waals surface area contributed by atoms with E-state index < -0.39 is 48.4 Å². The summed E-state index contributed by atoms with van der Waals surface area (Å²) in [5.74, 6) is 0.0710. The Labute approximate surface area is 181 Å². The van der Waals surface area contributed by atoms with Gasteiger partial charge in [-0.25, -0.2) is 0 Å². The summed E-state index contributed by atoms with van der Waals surface area (Å²) >= 11 is 0. The maximum atomic E-state index is 12.6. The van der Waals surface area contributed by atoms with Gasteiger partial charge in [0.15, 0.2) is 12.4 Å². The second-order valence-electron chi connectivity index (χ2n) is 8.76. The Morgan fingerprint density at radius 1 is 1.00 bits per heavy atom. The molecule has 0 radical (unpaired) electrons. The minimum Gasteiger partial charge on any atom is -0.461 e. The first kappa shape index (κ1) is 21.8. The standard InChI is InChI=1S/C24H28O7/c1-24(2,3)23(26)31-20-18(25)19-17(29-22(20)28-16-12-8-5-9-13-16)14-27-21(30-19)15-10-6-4-7-11-15/h4-13,17-22,25H,14H2,1-3H3/t17-,18+,19-,20-,21-,22+/m1/s1. The van der Waals surface area contributed by atoms with Gasteiger partial charge < -0.3 is 28.8 Å². The van der Waals surface area contributed by atoms with Crippen LogP contribution in [0.15, 0.2) is 60.7 Å². The van der Waals surface area contributed by atoms with E-state index in [-0.39, 0.29) is 6.61 Å². The molecule has 0 aromatic heterocycles. The Balaban J connectivity index is 1.56. The van der Waals surface area contributed by atoms with Crippen LogP contribution in [0.5, 0.6) is 5.75 Å². The maximum Gasteiger partial charge on any atom is 0.311 e. The fraction of sp³-hybridized carbons (Fsp3) is 0.458. The van der Waals surface area contributed by atoms with Crippen molar-refractivity contribution in [2.45, 2.75) is 57.8 Å². The fourth-order valence-electron chi connectivity index (χ4n) is 3.50. The van der Waals surface area contributed by atoms with E-state index in [2.05, 4.69) is 0 Å². The van der Waals surface area contributed by atoms with Crippen molar-refractivity contribution in [3.63, 3.8) is 0 Å². The van der Waals surface area contributed by atoms with Crippen LogP contribution in [0.4, 0.5) is 0 Å². The van der Waals surface area contributed by atoms with Gasteiger partial charge in [-0.05, 0) is 32.9 Å². The molecule has 4 rings (SSSR count). The van der Waals surface area contributed by atoms with Crippen LogP contribution in [-0.4, -0.2) is 48.4 Å². The van der Waals surface area contributed by atoms with Gasteiger partial charge in [0.1, 0.15) is 24.1 Å². The summed E-state index contributed by atoms with van der Waals surface area (Å²) in [6, 6.07) is 18.5. The predicted molar refractivity (Wildman–Crippen MR) is 111 cm³/mol. The molecule has 2 saturated heterocycles. The summed E-state index contributed by atoms with van der Waals surface area (Å²) in [7, 11) is 0. The number of para-hydroxylation sites is 1. The summed E-state index contributed by atoms with van der Waals surface area (Å²) in [5.41, 5.74) is 0.0794. The Bertz CT molecular complexity index is 865. The molecule has 31 heavy (non-hydrogen) atoms. The number of benzene rings is 2. The summed E-state index contributed by atoms with van der Waals surface area (Å²) in [4.78, 5) is 12.6. The van der Waals surface area contributed by atoms with Crippen LogP contribution >= 0.6 is 0 Å². The van der Waals surface area contributed by atoms with Crippen LogP contribution in [0, 0.1) is 5.41 Å². The highest BCUT2D eigenvalue weighted by atomic mass is 16.8. The third kappa shape index (κ3) is 4.91. The number of fused-ring (bicyclic) bond motifs is 1. The molecule has 0 bridgehead atoms. The molecule has 2 aromatic carbocycles. The van der Waals surface area contributed by atoms with Crippen LogP contribution in [0.3, 0.4) is 0 Å². The van der Waals surface area contributed by atoms with Crippen molar-refractivity contribution in [2.24, 2.45) is 5.41 Å². The second-order valence-corrected chi connectivity index (χ2v) is 8.76. The number of carbonyl (C=O) groups excluding carboxylic acids is 1.